The summed E-state index contributed by atoms with van der Waals surface area (Å²) in [5, 5.41) is 8.20. The van der Waals surface area contributed by atoms with E-state index in [1.807, 2.05) is 60.7 Å². The molecule has 0 radical (unpaired) electrons. The van der Waals surface area contributed by atoms with Crippen molar-refractivity contribution in [2.45, 2.75) is 6.92 Å². The van der Waals surface area contributed by atoms with Crippen molar-refractivity contribution in [3.63, 3.8) is 0 Å². The summed E-state index contributed by atoms with van der Waals surface area (Å²) in [5.41, 5.74) is 8.40. The predicted octanol–water partition coefficient (Wildman–Crippen LogP) is 2.82. The van der Waals surface area contributed by atoms with Crippen LogP contribution in [-0.2, 0) is 0 Å². The largest absolute Gasteiger partial charge is 0.386 e. The Labute approximate surface area is 107 Å². The second kappa shape index (κ2) is 5.77. The van der Waals surface area contributed by atoms with Crippen molar-refractivity contribution >= 4 is 11.5 Å². The fourth-order valence-corrected chi connectivity index (χ4v) is 1.60. The third kappa shape index (κ3) is 3.04. The van der Waals surface area contributed by atoms with Gasteiger partial charge in [-0.25, -0.2) is 0 Å². The van der Waals surface area contributed by atoms with Gasteiger partial charge in [-0.2, -0.15) is 0 Å². The topological polar surface area (TPSA) is 50.7 Å². The van der Waals surface area contributed by atoms with Crippen LogP contribution in [0.1, 0.15) is 18.1 Å². The summed E-state index contributed by atoms with van der Waals surface area (Å²) in [4.78, 5) is 0. The highest BCUT2D eigenvalue weighted by Gasteiger charge is 2.05. The standard InChI is InChI=1S/C15H15N3/c1-12(16)17-18-15(13-8-4-2-5-9-13)14-10-6-3-7-11-14/h2-11H,1H3,(H2,16,17). The van der Waals surface area contributed by atoms with Crippen molar-refractivity contribution < 1.29 is 0 Å². The first kappa shape index (κ1) is 12.0. The Balaban J connectivity index is 2.49. The van der Waals surface area contributed by atoms with Crippen LogP contribution in [-0.4, -0.2) is 11.5 Å². The first-order valence-corrected chi connectivity index (χ1v) is 5.76. The molecule has 0 aliphatic carbocycles. The Morgan fingerprint density at radius 2 is 1.22 bits per heavy atom. The highest BCUT2D eigenvalue weighted by Crippen LogP contribution is 2.11. The normalized spacial score (nSPS) is 11.1. The van der Waals surface area contributed by atoms with Crippen LogP contribution in [0, 0.1) is 0 Å². The Morgan fingerprint density at radius 3 is 1.61 bits per heavy atom. The van der Waals surface area contributed by atoms with Gasteiger partial charge in [0.25, 0.3) is 0 Å². The number of hydrogen-bond donors (Lipinski definition) is 1. The lowest BCUT2D eigenvalue weighted by Crippen LogP contribution is -2.06. The zero-order valence-electron chi connectivity index (χ0n) is 10.2. The van der Waals surface area contributed by atoms with Gasteiger partial charge in [-0.05, 0) is 6.92 Å². The number of nitrogens with two attached hydrogens (primary N) is 1. The van der Waals surface area contributed by atoms with E-state index in [9.17, 15) is 0 Å². The van der Waals surface area contributed by atoms with Crippen LogP contribution in [0.25, 0.3) is 0 Å². The van der Waals surface area contributed by atoms with E-state index in [0.717, 1.165) is 16.8 Å². The Hall–Kier alpha value is -2.42. The average Bonchev–Trinajstić information content (AvgIpc) is 2.41. The number of rotatable bonds is 3. The van der Waals surface area contributed by atoms with Gasteiger partial charge in [-0.15, -0.1) is 10.2 Å². The minimum atomic E-state index is 0.444. The summed E-state index contributed by atoms with van der Waals surface area (Å²) in [6.45, 7) is 1.72. The van der Waals surface area contributed by atoms with Gasteiger partial charge in [0.2, 0.25) is 0 Å². The van der Waals surface area contributed by atoms with E-state index in [4.69, 9.17) is 5.73 Å². The second-order valence-corrected chi connectivity index (χ2v) is 3.92. The molecule has 0 aliphatic heterocycles. The Morgan fingerprint density at radius 1 is 0.778 bits per heavy atom. The van der Waals surface area contributed by atoms with Gasteiger partial charge >= 0.3 is 0 Å². The second-order valence-electron chi connectivity index (χ2n) is 3.92. The Kier molecular flexibility index (Phi) is 3.86. The maximum absolute atomic E-state index is 5.54. The molecule has 2 N–H and O–H groups in total. The van der Waals surface area contributed by atoms with Crippen LogP contribution in [0.5, 0.6) is 0 Å². The summed E-state index contributed by atoms with van der Waals surface area (Å²) >= 11 is 0. The Bertz CT molecular complexity index is 511. The van der Waals surface area contributed by atoms with Gasteiger partial charge in [0, 0.05) is 11.1 Å². The van der Waals surface area contributed by atoms with Crippen LogP contribution in [0.2, 0.25) is 0 Å². The summed E-state index contributed by atoms with van der Waals surface area (Å²) in [5.74, 6) is 0.444. The molecular formula is C15H15N3. The van der Waals surface area contributed by atoms with E-state index in [1.54, 1.807) is 6.92 Å². The van der Waals surface area contributed by atoms with Crippen molar-refractivity contribution in [1.29, 1.82) is 0 Å². The first-order chi connectivity index (χ1) is 8.77. The highest BCUT2D eigenvalue weighted by atomic mass is 15.2. The van der Waals surface area contributed by atoms with E-state index < -0.39 is 0 Å². The van der Waals surface area contributed by atoms with Crippen molar-refractivity contribution in [2.75, 3.05) is 0 Å². The zero-order chi connectivity index (χ0) is 12.8. The molecule has 0 atom stereocenters. The smallest absolute Gasteiger partial charge is 0.119 e. The van der Waals surface area contributed by atoms with E-state index >= 15 is 0 Å². The summed E-state index contributed by atoms with van der Waals surface area (Å²) < 4.78 is 0. The molecule has 0 saturated carbocycles. The van der Waals surface area contributed by atoms with Crippen molar-refractivity contribution in [3.8, 4) is 0 Å². The quantitative estimate of drug-likeness (QED) is 0.498. The van der Waals surface area contributed by atoms with Crippen molar-refractivity contribution in [3.05, 3.63) is 71.8 Å². The third-order valence-electron chi connectivity index (χ3n) is 2.40. The molecule has 0 heterocycles. The number of amidine groups is 1. The summed E-state index contributed by atoms with van der Waals surface area (Å²) in [6.07, 6.45) is 0. The molecule has 3 heteroatoms. The molecule has 0 aliphatic rings. The summed E-state index contributed by atoms with van der Waals surface area (Å²) in [6, 6.07) is 19.9. The van der Waals surface area contributed by atoms with Gasteiger partial charge in [-0.3, -0.25) is 0 Å². The lowest BCUT2D eigenvalue weighted by Gasteiger charge is -2.05. The molecule has 2 aromatic rings. The van der Waals surface area contributed by atoms with Crippen molar-refractivity contribution in [1.82, 2.24) is 0 Å². The summed E-state index contributed by atoms with van der Waals surface area (Å²) in [7, 11) is 0. The molecule has 0 amide bonds. The minimum Gasteiger partial charge on any atom is -0.386 e. The van der Waals surface area contributed by atoms with Crippen LogP contribution < -0.4 is 5.73 Å². The van der Waals surface area contributed by atoms with Gasteiger partial charge in [0.15, 0.2) is 0 Å². The molecule has 0 bridgehead atoms. The molecule has 2 aromatic carbocycles. The van der Waals surface area contributed by atoms with E-state index in [0.29, 0.717) is 5.84 Å². The highest BCUT2D eigenvalue weighted by molar-refractivity contribution is 6.12. The molecule has 0 spiro atoms. The van der Waals surface area contributed by atoms with E-state index in [-0.39, 0.29) is 0 Å². The molecule has 0 unspecified atom stereocenters. The van der Waals surface area contributed by atoms with E-state index in [1.165, 1.54) is 0 Å². The maximum atomic E-state index is 5.54. The number of hydrogen-bond acceptors (Lipinski definition) is 2. The third-order valence-corrected chi connectivity index (χ3v) is 2.40. The van der Waals surface area contributed by atoms with Crippen LogP contribution in [0.3, 0.4) is 0 Å². The van der Waals surface area contributed by atoms with Gasteiger partial charge in [0.05, 0.1) is 0 Å². The molecule has 0 fully saturated rings. The number of nitrogens with zero attached hydrogens (tertiary/aromatic N) is 2. The fourth-order valence-electron chi connectivity index (χ4n) is 1.60. The molecule has 90 valence electrons. The maximum Gasteiger partial charge on any atom is 0.119 e. The van der Waals surface area contributed by atoms with Gasteiger partial charge in [0.1, 0.15) is 11.5 Å². The SMILES string of the molecule is C/C(N)=N/N=C(c1ccccc1)c1ccccc1. The van der Waals surface area contributed by atoms with Crippen LogP contribution in [0.4, 0.5) is 0 Å². The van der Waals surface area contributed by atoms with Crippen LogP contribution >= 0.6 is 0 Å². The fraction of sp³-hybridized carbons (Fsp3) is 0.0667. The van der Waals surface area contributed by atoms with Gasteiger partial charge in [-0.1, -0.05) is 60.7 Å². The first-order valence-electron chi connectivity index (χ1n) is 5.76. The lowest BCUT2D eigenvalue weighted by atomic mass is 10.0. The van der Waals surface area contributed by atoms with Crippen molar-refractivity contribution in [2.24, 2.45) is 15.9 Å². The molecule has 0 saturated heterocycles. The molecular weight excluding hydrogens is 222 g/mol. The number of benzene rings is 2. The minimum absolute atomic E-state index is 0.444. The molecule has 2 rings (SSSR count). The predicted molar refractivity (Wildman–Crippen MR) is 75.8 cm³/mol. The molecule has 0 aromatic heterocycles. The van der Waals surface area contributed by atoms with Crippen LogP contribution in [0.15, 0.2) is 70.9 Å². The average molecular weight is 237 g/mol. The molecule has 18 heavy (non-hydrogen) atoms. The monoisotopic (exact) mass is 237 g/mol. The lowest BCUT2D eigenvalue weighted by molar-refractivity contribution is 1.21. The zero-order valence-corrected chi connectivity index (χ0v) is 10.2. The molecule has 3 nitrogen and oxygen atoms in total. The van der Waals surface area contributed by atoms with Gasteiger partial charge < -0.3 is 5.73 Å². The van der Waals surface area contributed by atoms with E-state index in [2.05, 4.69) is 10.2 Å².